The maximum Gasteiger partial charge on any atom is 0.175 e. The summed E-state index contributed by atoms with van der Waals surface area (Å²) >= 11 is 0. The molecule has 4 aromatic rings. The predicted molar refractivity (Wildman–Crippen MR) is 119 cm³/mol. The highest BCUT2D eigenvalue weighted by Gasteiger charge is 2.19. The van der Waals surface area contributed by atoms with Crippen molar-refractivity contribution in [2.45, 2.75) is 4.90 Å². The van der Waals surface area contributed by atoms with Crippen LogP contribution in [0.5, 0.6) is 0 Å². The monoisotopic (exact) mass is 435 g/mol. The molecule has 1 aliphatic heterocycles. The Hall–Kier alpha value is -3.30. The molecule has 158 valence electrons. The number of ether oxygens (including phenoxy) is 1. The van der Waals surface area contributed by atoms with Gasteiger partial charge in [-0.1, -0.05) is 12.1 Å². The molecule has 5 rings (SSSR count). The average Bonchev–Trinajstić information content (AvgIpc) is 3.33. The second-order valence-electron chi connectivity index (χ2n) is 7.45. The Morgan fingerprint density at radius 1 is 1.03 bits per heavy atom. The Balaban J connectivity index is 1.73. The molecule has 1 fully saturated rings. The molecule has 0 saturated carbocycles. The highest BCUT2D eigenvalue weighted by Crippen LogP contribution is 2.35. The van der Waals surface area contributed by atoms with Gasteiger partial charge < -0.3 is 9.64 Å². The summed E-state index contributed by atoms with van der Waals surface area (Å²) in [4.78, 5) is 12.0. The van der Waals surface area contributed by atoms with Gasteiger partial charge in [0.25, 0.3) is 0 Å². The summed E-state index contributed by atoms with van der Waals surface area (Å²) in [6.45, 7) is 2.81. The molecule has 31 heavy (non-hydrogen) atoms. The molecule has 9 heteroatoms. The van der Waals surface area contributed by atoms with Crippen LogP contribution in [0, 0.1) is 0 Å². The Kier molecular flexibility index (Phi) is 4.91. The number of rotatable bonds is 4. The van der Waals surface area contributed by atoms with Gasteiger partial charge in [0.05, 0.1) is 23.8 Å². The zero-order valence-electron chi connectivity index (χ0n) is 16.9. The topological polar surface area (TPSA) is 101 Å². The maximum atomic E-state index is 11.9. The zero-order chi connectivity index (χ0) is 21.4. The van der Waals surface area contributed by atoms with E-state index in [0.717, 1.165) is 52.3 Å². The van der Waals surface area contributed by atoms with Crippen molar-refractivity contribution in [3.8, 4) is 22.5 Å². The van der Waals surface area contributed by atoms with Crippen molar-refractivity contribution >= 4 is 26.6 Å². The molecule has 0 atom stereocenters. The minimum absolute atomic E-state index is 0.294. The van der Waals surface area contributed by atoms with Crippen LogP contribution in [-0.2, 0) is 14.6 Å². The third-order valence-electron chi connectivity index (χ3n) is 5.40. The summed E-state index contributed by atoms with van der Waals surface area (Å²) < 4.78 is 29.3. The van der Waals surface area contributed by atoms with Crippen LogP contribution < -0.4 is 4.90 Å². The number of nitrogens with one attached hydrogen (secondary N) is 1. The molecule has 3 aromatic heterocycles. The first kappa shape index (κ1) is 19.7. The molecule has 1 aliphatic rings. The van der Waals surface area contributed by atoms with Gasteiger partial charge in [0.15, 0.2) is 9.84 Å². The van der Waals surface area contributed by atoms with Crippen LogP contribution in [0.3, 0.4) is 0 Å². The number of morpholine rings is 1. The first-order valence-corrected chi connectivity index (χ1v) is 11.8. The van der Waals surface area contributed by atoms with Crippen LogP contribution in [0.4, 0.5) is 5.82 Å². The van der Waals surface area contributed by atoms with Gasteiger partial charge >= 0.3 is 0 Å². The number of nitrogens with zero attached hydrogens (tertiary/aromatic N) is 4. The molecule has 0 spiro atoms. The summed E-state index contributed by atoms with van der Waals surface area (Å²) in [7, 11) is -3.26. The van der Waals surface area contributed by atoms with Crippen molar-refractivity contribution in [3.63, 3.8) is 0 Å². The molecule has 0 unspecified atom stereocenters. The molecule has 1 saturated heterocycles. The van der Waals surface area contributed by atoms with Crippen molar-refractivity contribution in [1.29, 1.82) is 0 Å². The largest absolute Gasteiger partial charge is 0.378 e. The molecule has 4 heterocycles. The number of fused-ring (bicyclic) bond motifs is 1. The standard InChI is InChI=1S/C22H21N5O3S/c1-31(28,29)16-4-2-15(3-5-16)18-14-20(27-10-12-30-13-11-27)25-21-17(18)6-8-23-22(21)19-7-9-24-26-19/h2-9,14H,10-13H2,1H3,(H,24,26). The summed E-state index contributed by atoms with van der Waals surface area (Å²) in [5, 5.41) is 7.96. The summed E-state index contributed by atoms with van der Waals surface area (Å²) in [6.07, 6.45) is 4.65. The summed E-state index contributed by atoms with van der Waals surface area (Å²) in [5.74, 6) is 0.840. The maximum absolute atomic E-state index is 11.9. The molecule has 0 bridgehead atoms. The van der Waals surface area contributed by atoms with E-state index in [1.54, 1.807) is 24.5 Å². The van der Waals surface area contributed by atoms with E-state index in [0.29, 0.717) is 18.1 Å². The molecular weight excluding hydrogens is 414 g/mol. The first-order chi connectivity index (χ1) is 15.0. The van der Waals surface area contributed by atoms with Crippen molar-refractivity contribution in [2.24, 2.45) is 0 Å². The number of sulfone groups is 1. The SMILES string of the molecule is CS(=O)(=O)c1ccc(-c2cc(N3CCOCC3)nc3c(-c4ccn[nH]4)nccc23)cc1. The number of H-pyrrole nitrogens is 1. The van der Waals surface area contributed by atoms with Crippen LogP contribution in [-0.4, -0.2) is 61.1 Å². The number of aromatic nitrogens is 4. The lowest BCUT2D eigenvalue weighted by molar-refractivity contribution is 0.122. The van der Waals surface area contributed by atoms with E-state index in [1.165, 1.54) is 6.26 Å². The third kappa shape index (κ3) is 3.77. The van der Waals surface area contributed by atoms with Crippen LogP contribution in [0.2, 0.25) is 0 Å². The fourth-order valence-corrected chi connectivity index (χ4v) is 4.43. The lowest BCUT2D eigenvalue weighted by Crippen LogP contribution is -2.36. The van der Waals surface area contributed by atoms with E-state index in [-0.39, 0.29) is 0 Å². The molecule has 0 amide bonds. The molecule has 8 nitrogen and oxygen atoms in total. The molecule has 1 N–H and O–H groups in total. The van der Waals surface area contributed by atoms with E-state index in [9.17, 15) is 8.42 Å². The minimum atomic E-state index is -3.26. The Labute approximate surface area is 179 Å². The molecule has 0 aliphatic carbocycles. The van der Waals surface area contributed by atoms with E-state index >= 15 is 0 Å². The van der Waals surface area contributed by atoms with E-state index in [1.807, 2.05) is 24.3 Å². The van der Waals surface area contributed by atoms with Gasteiger partial charge in [-0.3, -0.25) is 10.1 Å². The predicted octanol–water partition coefficient (Wildman–Crippen LogP) is 2.93. The lowest BCUT2D eigenvalue weighted by Gasteiger charge is -2.28. The number of pyridine rings is 2. The van der Waals surface area contributed by atoms with Crippen LogP contribution >= 0.6 is 0 Å². The second-order valence-corrected chi connectivity index (χ2v) is 9.47. The quantitative estimate of drug-likeness (QED) is 0.526. The third-order valence-corrected chi connectivity index (χ3v) is 6.53. The molecule has 1 aromatic carbocycles. The normalized spacial score (nSPS) is 14.8. The van der Waals surface area contributed by atoms with E-state index in [2.05, 4.69) is 26.1 Å². The van der Waals surface area contributed by atoms with Gasteiger partial charge in [-0.2, -0.15) is 5.10 Å². The fourth-order valence-electron chi connectivity index (χ4n) is 3.80. The number of anilines is 1. The number of hydrogen-bond donors (Lipinski definition) is 1. The van der Waals surface area contributed by atoms with Crippen molar-refractivity contribution in [1.82, 2.24) is 20.2 Å². The van der Waals surface area contributed by atoms with Crippen LogP contribution in [0.15, 0.2) is 59.8 Å². The van der Waals surface area contributed by atoms with Crippen molar-refractivity contribution in [3.05, 3.63) is 54.9 Å². The van der Waals surface area contributed by atoms with Crippen molar-refractivity contribution in [2.75, 3.05) is 37.5 Å². The average molecular weight is 436 g/mol. The van der Waals surface area contributed by atoms with Crippen LogP contribution in [0.1, 0.15) is 0 Å². The van der Waals surface area contributed by atoms with Gasteiger partial charge in [-0.05, 0) is 41.5 Å². The summed E-state index contributed by atoms with van der Waals surface area (Å²) in [5.41, 5.74) is 4.15. The van der Waals surface area contributed by atoms with Crippen LogP contribution in [0.25, 0.3) is 33.4 Å². The smallest absolute Gasteiger partial charge is 0.175 e. The lowest BCUT2D eigenvalue weighted by atomic mass is 10.00. The molecule has 0 radical (unpaired) electrons. The minimum Gasteiger partial charge on any atom is -0.378 e. The number of hydrogen-bond acceptors (Lipinski definition) is 7. The van der Waals surface area contributed by atoms with Gasteiger partial charge in [-0.15, -0.1) is 0 Å². The van der Waals surface area contributed by atoms with Gasteiger partial charge in [-0.25, -0.2) is 13.4 Å². The molecular formula is C22H21N5O3S. The Morgan fingerprint density at radius 3 is 2.48 bits per heavy atom. The number of aromatic amines is 1. The highest BCUT2D eigenvalue weighted by atomic mass is 32.2. The number of benzene rings is 1. The fraction of sp³-hybridized carbons (Fsp3) is 0.227. The van der Waals surface area contributed by atoms with Gasteiger partial charge in [0.1, 0.15) is 17.0 Å². The van der Waals surface area contributed by atoms with E-state index < -0.39 is 9.84 Å². The second kappa shape index (κ2) is 7.75. The van der Waals surface area contributed by atoms with Gasteiger partial charge in [0.2, 0.25) is 0 Å². The Bertz CT molecular complexity index is 1330. The van der Waals surface area contributed by atoms with E-state index in [4.69, 9.17) is 9.72 Å². The van der Waals surface area contributed by atoms with Crippen molar-refractivity contribution < 1.29 is 13.2 Å². The zero-order valence-corrected chi connectivity index (χ0v) is 17.8. The first-order valence-electron chi connectivity index (χ1n) is 9.93. The van der Waals surface area contributed by atoms with Gasteiger partial charge in [0, 0.05) is 37.1 Å². The Morgan fingerprint density at radius 2 is 1.81 bits per heavy atom. The summed E-state index contributed by atoms with van der Waals surface area (Å²) in [6, 6.07) is 12.8. The highest BCUT2D eigenvalue weighted by molar-refractivity contribution is 7.90.